The van der Waals surface area contributed by atoms with Gasteiger partial charge in [0.1, 0.15) is 19.8 Å². The van der Waals surface area contributed by atoms with E-state index in [9.17, 15) is 14.4 Å². The van der Waals surface area contributed by atoms with Gasteiger partial charge in [-0.3, -0.25) is 25.2 Å². The molecule has 0 spiro atoms. The summed E-state index contributed by atoms with van der Waals surface area (Å²) in [4.78, 5) is 37.8. The van der Waals surface area contributed by atoms with E-state index in [1.807, 2.05) is 0 Å². The second kappa shape index (κ2) is 8.55. The van der Waals surface area contributed by atoms with Gasteiger partial charge in [-0.25, -0.2) is 0 Å². The van der Waals surface area contributed by atoms with E-state index in [2.05, 4.69) is 10.9 Å². The number of hydrogen-bond acceptors (Lipinski definition) is 5. The molecule has 1 aromatic rings. The smallest absolute Gasteiger partial charge is 0.269 e. The molecule has 0 aromatic heterocycles. The lowest BCUT2D eigenvalue weighted by Crippen LogP contribution is -2.48. The number of nitrogens with one attached hydrogen (secondary N) is 2. The Morgan fingerprint density at radius 2 is 1.77 bits per heavy atom. The summed E-state index contributed by atoms with van der Waals surface area (Å²) in [7, 11) is 0. The van der Waals surface area contributed by atoms with Crippen molar-refractivity contribution >= 4 is 17.7 Å². The Bertz CT molecular complexity index is 691. The molecule has 0 saturated carbocycles. The average molecular weight is 361 g/mol. The second-order valence-electron chi connectivity index (χ2n) is 6.34. The van der Waals surface area contributed by atoms with Gasteiger partial charge in [-0.05, 0) is 31.0 Å². The summed E-state index contributed by atoms with van der Waals surface area (Å²) < 4.78 is 10.8. The Kier molecular flexibility index (Phi) is 5.93. The highest BCUT2D eigenvalue weighted by atomic mass is 16.6. The van der Waals surface area contributed by atoms with E-state index in [1.165, 1.54) is 0 Å². The van der Waals surface area contributed by atoms with E-state index in [4.69, 9.17) is 9.47 Å². The van der Waals surface area contributed by atoms with Gasteiger partial charge < -0.3 is 14.4 Å². The van der Waals surface area contributed by atoms with E-state index >= 15 is 0 Å². The molecule has 1 aromatic carbocycles. The molecule has 8 heteroatoms. The largest absolute Gasteiger partial charge is 0.486 e. The van der Waals surface area contributed by atoms with Gasteiger partial charge in [0.15, 0.2) is 11.5 Å². The quantitative estimate of drug-likeness (QED) is 0.783. The lowest BCUT2D eigenvalue weighted by Gasteiger charge is -2.24. The van der Waals surface area contributed by atoms with E-state index in [0.717, 1.165) is 25.7 Å². The number of ether oxygens (including phenoxy) is 2. The summed E-state index contributed by atoms with van der Waals surface area (Å²) in [6, 6.07) is 4.82. The van der Waals surface area contributed by atoms with Crippen molar-refractivity contribution in [3.8, 4) is 11.5 Å². The third-order valence-corrected chi connectivity index (χ3v) is 4.38. The molecule has 1 fully saturated rings. The number of hydrogen-bond donors (Lipinski definition) is 2. The molecule has 3 rings (SSSR count). The maximum Gasteiger partial charge on any atom is 0.269 e. The summed E-state index contributed by atoms with van der Waals surface area (Å²) >= 11 is 0. The Labute approximate surface area is 151 Å². The molecule has 2 aliphatic heterocycles. The van der Waals surface area contributed by atoms with E-state index in [1.54, 1.807) is 23.1 Å². The van der Waals surface area contributed by atoms with Crippen molar-refractivity contribution in [2.24, 2.45) is 0 Å². The van der Waals surface area contributed by atoms with Crippen LogP contribution >= 0.6 is 0 Å². The Balaban J connectivity index is 1.50. The van der Waals surface area contributed by atoms with Gasteiger partial charge in [-0.15, -0.1) is 0 Å². The van der Waals surface area contributed by atoms with Gasteiger partial charge in [0, 0.05) is 18.5 Å². The summed E-state index contributed by atoms with van der Waals surface area (Å²) in [6.45, 7) is 1.42. The van der Waals surface area contributed by atoms with Crippen LogP contribution in [0, 0.1) is 0 Å². The first-order chi connectivity index (χ1) is 12.6. The van der Waals surface area contributed by atoms with E-state index < -0.39 is 11.8 Å². The van der Waals surface area contributed by atoms with Crippen LogP contribution in [0.1, 0.15) is 42.5 Å². The molecule has 140 valence electrons. The van der Waals surface area contributed by atoms with Crippen LogP contribution < -0.4 is 20.3 Å². The minimum absolute atomic E-state index is 0.0157. The monoisotopic (exact) mass is 361 g/mol. The molecule has 2 heterocycles. The van der Waals surface area contributed by atoms with Crippen molar-refractivity contribution in [2.45, 2.75) is 32.1 Å². The first-order valence-electron chi connectivity index (χ1n) is 8.90. The molecule has 26 heavy (non-hydrogen) atoms. The molecule has 1 saturated heterocycles. The third-order valence-electron chi connectivity index (χ3n) is 4.38. The first-order valence-corrected chi connectivity index (χ1v) is 8.90. The molecule has 0 bridgehead atoms. The van der Waals surface area contributed by atoms with Crippen LogP contribution in [0.25, 0.3) is 0 Å². The lowest BCUT2D eigenvalue weighted by atomic mass is 10.1. The number of carbonyl (C=O) groups is 3. The molecule has 0 radical (unpaired) electrons. The molecule has 8 nitrogen and oxygen atoms in total. The molecule has 2 N–H and O–H groups in total. The normalized spacial score (nSPS) is 17.1. The average Bonchev–Trinajstić information content (AvgIpc) is 2.65. The van der Waals surface area contributed by atoms with Crippen molar-refractivity contribution in [2.75, 3.05) is 26.3 Å². The number of hydrazine groups is 1. The van der Waals surface area contributed by atoms with Gasteiger partial charge in [0.25, 0.3) is 11.8 Å². The minimum atomic E-state index is -0.464. The van der Waals surface area contributed by atoms with Gasteiger partial charge in [0.2, 0.25) is 5.91 Å². The van der Waals surface area contributed by atoms with Gasteiger partial charge in [0.05, 0.1) is 0 Å². The number of nitrogens with zero attached hydrogens (tertiary/aromatic N) is 1. The predicted molar refractivity (Wildman–Crippen MR) is 92.7 cm³/mol. The van der Waals surface area contributed by atoms with E-state index in [-0.39, 0.29) is 12.5 Å². The topological polar surface area (TPSA) is 97.0 Å². The van der Waals surface area contributed by atoms with Gasteiger partial charge in [-0.1, -0.05) is 12.8 Å². The van der Waals surface area contributed by atoms with Gasteiger partial charge in [-0.2, -0.15) is 0 Å². The predicted octanol–water partition coefficient (Wildman–Crippen LogP) is 1.01. The van der Waals surface area contributed by atoms with Gasteiger partial charge >= 0.3 is 0 Å². The number of likely N-dealkylation sites (tertiary alicyclic amines) is 1. The zero-order valence-corrected chi connectivity index (χ0v) is 14.6. The van der Waals surface area contributed by atoms with E-state index in [0.29, 0.717) is 43.2 Å². The highest BCUT2D eigenvalue weighted by Crippen LogP contribution is 2.30. The summed E-state index contributed by atoms with van der Waals surface area (Å²) in [5, 5.41) is 0. The van der Waals surface area contributed by atoms with Crippen molar-refractivity contribution < 1.29 is 23.9 Å². The highest BCUT2D eigenvalue weighted by Gasteiger charge is 2.19. The number of benzene rings is 1. The first kappa shape index (κ1) is 18.0. The molecule has 2 aliphatic rings. The molecule has 0 unspecified atom stereocenters. The van der Waals surface area contributed by atoms with Crippen LogP contribution in [0.4, 0.5) is 0 Å². The Morgan fingerprint density at radius 3 is 2.62 bits per heavy atom. The van der Waals surface area contributed by atoms with Crippen molar-refractivity contribution in [1.29, 1.82) is 0 Å². The Hall–Kier alpha value is -2.77. The number of fused-ring (bicyclic) bond motifs is 1. The standard InChI is InChI=1S/C18H23N3O5/c22-16(12-21-8-4-2-1-3-5-17(21)23)19-20-18(24)13-6-7-14-15(11-13)26-10-9-25-14/h6-7,11H,1-5,8-10,12H2,(H,19,22)(H,20,24). The summed E-state index contributed by atoms with van der Waals surface area (Å²) in [5.41, 5.74) is 5.07. The van der Waals surface area contributed by atoms with Crippen LogP contribution in [0.5, 0.6) is 11.5 Å². The summed E-state index contributed by atoms with van der Waals surface area (Å²) in [5.74, 6) is 0.186. The third kappa shape index (κ3) is 4.65. The minimum Gasteiger partial charge on any atom is -0.486 e. The molecule has 3 amide bonds. The number of amides is 3. The van der Waals surface area contributed by atoms with Crippen LogP contribution in [0.15, 0.2) is 18.2 Å². The molecular formula is C18H23N3O5. The number of rotatable bonds is 3. The fraction of sp³-hybridized carbons (Fsp3) is 0.500. The van der Waals surface area contributed by atoms with Crippen molar-refractivity contribution in [3.05, 3.63) is 23.8 Å². The summed E-state index contributed by atoms with van der Waals surface area (Å²) in [6.07, 6.45) is 4.33. The molecular weight excluding hydrogens is 338 g/mol. The van der Waals surface area contributed by atoms with Crippen LogP contribution in [-0.4, -0.2) is 48.9 Å². The molecule has 0 atom stereocenters. The maximum absolute atomic E-state index is 12.2. The SMILES string of the molecule is O=C(CN1CCCCCCC1=O)NNC(=O)c1ccc2c(c1)OCCO2. The molecule has 0 aliphatic carbocycles. The van der Waals surface area contributed by atoms with Crippen LogP contribution in [0.2, 0.25) is 0 Å². The van der Waals surface area contributed by atoms with Crippen LogP contribution in [-0.2, 0) is 9.59 Å². The Morgan fingerprint density at radius 1 is 1.00 bits per heavy atom. The number of carbonyl (C=O) groups excluding carboxylic acids is 3. The van der Waals surface area contributed by atoms with Crippen molar-refractivity contribution in [3.63, 3.8) is 0 Å². The highest BCUT2D eigenvalue weighted by molar-refractivity contribution is 5.96. The van der Waals surface area contributed by atoms with Crippen LogP contribution in [0.3, 0.4) is 0 Å². The fourth-order valence-electron chi connectivity index (χ4n) is 2.98. The van der Waals surface area contributed by atoms with Crippen molar-refractivity contribution in [1.82, 2.24) is 15.8 Å². The second-order valence-corrected chi connectivity index (χ2v) is 6.34. The maximum atomic E-state index is 12.2. The zero-order valence-electron chi connectivity index (χ0n) is 14.6. The fourth-order valence-corrected chi connectivity index (χ4v) is 2.98. The lowest BCUT2D eigenvalue weighted by molar-refractivity contribution is -0.136. The zero-order chi connectivity index (χ0) is 18.4.